The minimum atomic E-state index is -4.18. The Hall–Kier alpha value is -1.84. The van der Waals surface area contributed by atoms with Crippen molar-refractivity contribution in [3.63, 3.8) is 0 Å². The maximum atomic E-state index is 13.5. The van der Waals surface area contributed by atoms with Crippen LogP contribution in [-0.4, -0.2) is 23.0 Å². The molecule has 1 saturated carbocycles. The Morgan fingerprint density at radius 1 is 1.35 bits per heavy atom. The second-order valence-electron chi connectivity index (χ2n) is 4.83. The highest BCUT2D eigenvalue weighted by Crippen LogP contribution is 2.33. The summed E-state index contributed by atoms with van der Waals surface area (Å²) < 4.78 is 140. The number of hydrogen-bond acceptors (Lipinski definition) is 2. The Bertz CT molecular complexity index is 1190. The fourth-order valence-corrected chi connectivity index (χ4v) is 1.55. The summed E-state index contributed by atoms with van der Waals surface area (Å²) in [5.41, 5.74) is -1.24. The van der Waals surface area contributed by atoms with Crippen LogP contribution >= 0.6 is 0 Å². The van der Waals surface area contributed by atoms with E-state index in [0.29, 0.717) is 0 Å². The van der Waals surface area contributed by atoms with E-state index in [4.69, 9.17) is 23.3 Å². The van der Waals surface area contributed by atoms with Gasteiger partial charge in [-0.1, -0.05) is 44.1 Å². The molecule has 0 aromatic heterocycles. The molecule has 126 valence electrons. The molecule has 4 nitrogen and oxygen atoms in total. The molecule has 0 aliphatic heterocycles. The number of benzene rings is 1. The fourth-order valence-electron chi connectivity index (χ4n) is 1.55. The van der Waals surface area contributed by atoms with Crippen LogP contribution in [0.15, 0.2) is 30.2 Å². The molecule has 1 amide bonds. The van der Waals surface area contributed by atoms with Crippen LogP contribution in [0.3, 0.4) is 0 Å². The van der Waals surface area contributed by atoms with Gasteiger partial charge in [-0.25, -0.2) is 4.79 Å². The van der Waals surface area contributed by atoms with Crippen molar-refractivity contribution in [2.45, 2.75) is 51.8 Å². The minimum absolute atomic E-state index is 0.951. The number of aliphatic carboxylic acids is 1. The molecule has 0 saturated heterocycles. The largest absolute Gasteiger partial charge is 0.480 e. The summed E-state index contributed by atoms with van der Waals surface area (Å²) in [6, 6.07) is -8.43. The second kappa shape index (κ2) is 8.14. The molecule has 0 radical (unpaired) electrons. The van der Waals surface area contributed by atoms with Gasteiger partial charge >= 0.3 is 5.97 Å². The van der Waals surface area contributed by atoms with Gasteiger partial charge in [-0.05, 0) is 42.9 Å². The van der Waals surface area contributed by atoms with Crippen molar-refractivity contribution >= 4 is 11.9 Å². The van der Waals surface area contributed by atoms with Gasteiger partial charge in [0.25, 0.3) is 0 Å². The van der Waals surface area contributed by atoms with Crippen molar-refractivity contribution in [1.29, 1.82) is 0 Å². The molecule has 1 fully saturated rings. The van der Waals surface area contributed by atoms with Crippen molar-refractivity contribution in [1.82, 2.24) is 5.32 Å². The first kappa shape index (κ1) is 5.61. The van der Waals surface area contributed by atoms with Crippen molar-refractivity contribution in [2.75, 3.05) is 0 Å². The normalized spacial score (nSPS) is 49.1. The number of carboxylic acid groups (broad SMARTS) is 1. The molecule has 1 aromatic carbocycles. The molecular formula is C19H27NO3. The third kappa shape index (κ3) is 5.08. The van der Waals surface area contributed by atoms with E-state index < -0.39 is 103 Å². The average Bonchev–Trinajstić information content (AvgIpc) is 2.81. The number of amides is 1. The van der Waals surface area contributed by atoms with E-state index in [1.807, 2.05) is 0 Å². The third-order valence-corrected chi connectivity index (χ3v) is 2.76. The SMILES string of the molecule is [2H]c1c([2H])c([2H])c(C([2H])([2H])[C@@H](NC(=O)C2([2H])C([2H])([2H])C([2H])([2H])C([2H])(C(C)C)C([2H])([2H])C2([2H])[2H])C(=O)O)c([2H])c1[2H]. The summed E-state index contributed by atoms with van der Waals surface area (Å²) in [6.45, 7) is 2.22. The van der Waals surface area contributed by atoms with Gasteiger partial charge in [-0.3, -0.25) is 4.79 Å². The zero-order valence-corrected chi connectivity index (χ0v) is 12.4. The first-order chi connectivity index (χ1) is 17.6. The molecule has 1 aromatic rings. The molecule has 1 atom stereocenters. The zero-order chi connectivity index (χ0) is 32.0. The van der Waals surface area contributed by atoms with Crippen LogP contribution in [0.1, 0.15) is 68.2 Å². The van der Waals surface area contributed by atoms with Gasteiger partial charge in [-0.2, -0.15) is 0 Å². The van der Waals surface area contributed by atoms with Gasteiger partial charge in [0.2, 0.25) is 5.91 Å². The minimum Gasteiger partial charge on any atom is -0.480 e. The predicted octanol–water partition coefficient (Wildman–Crippen LogP) is 3.26. The molecular weight excluding hydrogens is 290 g/mol. The molecule has 1 aliphatic rings. The zero-order valence-electron chi connectivity index (χ0n) is 29.4. The predicted molar refractivity (Wildman–Crippen MR) is 90.0 cm³/mol. The molecule has 23 heavy (non-hydrogen) atoms. The topological polar surface area (TPSA) is 66.4 Å². The number of rotatable bonds is 6. The summed E-state index contributed by atoms with van der Waals surface area (Å²) in [4.78, 5) is 25.6. The fraction of sp³-hybridized carbons (Fsp3) is 0.579. The van der Waals surface area contributed by atoms with Gasteiger partial charge in [0.15, 0.2) is 0 Å². The van der Waals surface area contributed by atoms with Gasteiger partial charge in [0, 0.05) is 28.7 Å². The van der Waals surface area contributed by atoms with Gasteiger partial charge in [0.1, 0.15) is 6.04 Å². The van der Waals surface area contributed by atoms with E-state index in [1.165, 1.54) is 5.32 Å². The van der Waals surface area contributed by atoms with Gasteiger partial charge in [0.05, 0.1) is 6.85 Å². The Kier molecular flexibility index (Phi) is 1.98. The van der Waals surface area contributed by atoms with Crippen molar-refractivity contribution in [3.05, 3.63) is 35.8 Å². The lowest BCUT2D eigenvalue weighted by atomic mass is 9.76. The maximum absolute atomic E-state index is 13.5. The highest BCUT2D eigenvalue weighted by molar-refractivity contribution is 5.85. The summed E-state index contributed by atoms with van der Waals surface area (Å²) >= 11 is 0. The van der Waals surface area contributed by atoms with Crippen molar-refractivity contribution in [2.24, 2.45) is 17.7 Å². The van der Waals surface area contributed by atoms with E-state index >= 15 is 0 Å². The highest BCUT2D eigenvalue weighted by atomic mass is 16.4. The number of carboxylic acids is 1. The first-order valence-corrected chi connectivity index (χ1v) is 6.69. The molecule has 0 bridgehead atoms. The monoisotopic (exact) mass is 334 g/mol. The smallest absolute Gasteiger partial charge is 0.326 e. The lowest BCUT2D eigenvalue weighted by molar-refractivity contribution is -0.142. The van der Waals surface area contributed by atoms with E-state index in [1.54, 1.807) is 0 Å². The summed E-state index contributed by atoms with van der Waals surface area (Å²) in [5.74, 6) is -13.4. The maximum Gasteiger partial charge on any atom is 0.326 e. The summed E-state index contributed by atoms with van der Waals surface area (Å²) in [6.07, 6.45) is -19.2. The molecule has 2 N–H and O–H groups in total. The third-order valence-electron chi connectivity index (χ3n) is 2.76. The second-order valence-corrected chi connectivity index (χ2v) is 4.83. The van der Waals surface area contributed by atoms with E-state index in [2.05, 4.69) is 0 Å². The van der Waals surface area contributed by atoms with Crippen molar-refractivity contribution < 1.29 is 38.0 Å². The molecule has 1 aliphatic carbocycles. The lowest BCUT2D eigenvalue weighted by Gasteiger charge is -2.30. The summed E-state index contributed by atoms with van der Waals surface area (Å²) in [5, 5.41) is 11.2. The van der Waals surface area contributed by atoms with E-state index in [-0.39, 0.29) is 0 Å². The highest BCUT2D eigenvalue weighted by Gasteiger charge is 2.30. The lowest BCUT2D eigenvalue weighted by Crippen LogP contribution is -2.45. The number of nitrogens with one attached hydrogen (secondary N) is 1. The Labute approximate surface area is 162 Å². The van der Waals surface area contributed by atoms with Crippen LogP contribution in [0.2, 0.25) is 0 Å². The number of carbonyl (C=O) groups is 2. The van der Waals surface area contributed by atoms with Gasteiger partial charge in [-0.15, -0.1) is 0 Å². The van der Waals surface area contributed by atoms with Crippen molar-refractivity contribution in [3.8, 4) is 0 Å². The molecule has 0 heterocycles. The molecule has 2 rings (SSSR count). The van der Waals surface area contributed by atoms with Crippen LogP contribution in [0.5, 0.6) is 0 Å². The summed E-state index contributed by atoms with van der Waals surface area (Å²) in [7, 11) is 0. The van der Waals surface area contributed by atoms with Crippen LogP contribution in [0.4, 0.5) is 0 Å². The Morgan fingerprint density at radius 2 is 1.96 bits per heavy atom. The Morgan fingerprint density at radius 3 is 2.48 bits per heavy atom. The van der Waals surface area contributed by atoms with E-state index in [9.17, 15) is 14.7 Å². The average molecular weight is 335 g/mol. The van der Waals surface area contributed by atoms with Gasteiger partial charge < -0.3 is 10.4 Å². The van der Waals surface area contributed by atoms with Crippen LogP contribution in [0, 0.1) is 17.7 Å². The van der Waals surface area contributed by atoms with E-state index in [0.717, 1.165) is 13.8 Å². The number of hydrogen-bond donors (Lipinski definition) is 2. The van der Waals surface area contributed by atoms with Crippen LogP contribution in [-0.2, 0) is 16.0 Å². The molecule has 0 spiro atoms. The van der Waals surface area contributed by atoms with Crippen LogP contribution < -0.4 is 5.32 Å². The molecule has 4 heteroatoms. The standard InChI is InChI=1S/C19H27NO3/c1-13(2)15-8-10-16(11-9-15)18(21)20-17(19(22)23)12-14-6-4-3-5-7-14/h3-7,13,15-17H,8-12H2,1-2H3,(H,20,21)(H,22,23)/t15?,16?,17-/m1/s1/i3D,4D,5D,6D,7D,8D2,9D2,10D2,11D2,12D2,15D,16D. The Balaban J connectivity index is 2.83. The molecule has 0 unspecified atom stereocenters. The quantitative estimate of drug-likeness (QED) is 0.839. The van der Waals surface area contributed by atoms with Crippen LogP contribution in [0.25, 0.3) is 0 Å². The first-order valence-electron chi connectivity index (χ1n) is 15.2. The number of carbonyl (C=O) groups excluding carboxylic acids is 1.